The van der Waals surface area contributed by atoms with Crippen molar-refractivity contribution in [2.75, 3.05) is 20.2 Å². The minimum Gasteiger partial charge on any atom is -0.464 e. The Labute approximate surface area is 127 Å². The zero-order chi connectivity index (χ0) is 15.3. The lowest BCUT2D eigenvalue weighted by Gasteiger charge is -2.34. The predicted octanol–water partition coefficient (Wildman–Crippen LogP) is 2.28. The molecular weight excluding hydrogens is 264 g/mol. The molecule has 21 heavy (non-hydrogen) atoms. The average Bonchev–Trinajstić information content (AvgIpc) is 3.02. The molecule has 116 valence electrons. The first kappa shape index (κ1) is 16.0. The van der Waals surface area contributed by atoms with E-state index in [0.29, 0.717) is 19.2 Å². The van der Waals surface area contributed by atoms with Gasteiger partial charge in [0.05, 0.1) is 6.61 Å². The van der Waals surface area contributed by atoms with Crippen LogP contribution in [-0.4, -0.2) is 37.1 Å². The summed E-state index contributed by atoms with van der Waals surface area (Å²) in [5, 5.41) is 0. The molecule has 0 aliphatic heterocycles. The van der Waals surface area contributed by atoms with Gasteiger partial charge in [0.1, 0.15) is 0 Å². The number of ether oxygens (including phenoxy) is 1. The molecule has 2 N–H and O–H groups in total. The molecule has 1 fully saturated rings. The Morgan fingerprint density at radius 3 is 2.52 bits per heavy atom. The van der Waals surface area contributed by atoms with E-state index in [4.69, 9.17) is 10.5 Å². The molecule has 0 bridgehead atoms. The maximum absolute atomic E-state index is 12.4. The standard InChI is InChI=1S/C17H26N2O2/c1-3-21-16(20)17(18,14-9-5-4-6-10-14)13-19(2)15-11-7-8-12-15/h4-6,9-10,15H,3,7-8,11-13,18H2,1-2H3. The SMILES string of the molecule is CCOC(=O)C(N)(CN(C)C1CCCC1)c1ccccc1. The maximum Gasteiger partial charge on any atom is 0.332 e. The van der Waals surface area contributed by atoms with Crippen LogP contribution in [0.25, 0.3) is 0 Å². The van der Waals surface area contributed by atoms with Crippen LogP contribution >= 0.6 is 0 Å². The van der Waals surface area contributed by atoms with E-state index in [2.05, 4.69) is 11.9 Å². The van der Waals surface area contributed by atoms with Crippen LogP contribution in [0.1, 0.15) is 38.2 Å². The van der Waals surface area contributed by atoms with Gasteiger partial charge in [-0.2, -0.15) is 0 Å². The molecule has 0 aromatic heterocycles. The molecule has 1 atom stereocenters. The zero-order valence-electron chi connectivity index (χ0n) is 13.0. The Bertz CT molecular complexity index is 457. The molecule has 0 heterocycles. The first-order chi connectivity index (χ1) is 10.1. The Morgan fingerprint density at radius 2 is 1.95 bits per heavy atom. The van der Waals surface area contributed by atoms with Crippen molar-refractivity contribution < 1.29 is 9.53 Å². The van der Waals surface area contributed by atoms with Crippen LogP contribution in [0.3, 0.4) is 0 Å². The molecule has 0 spiro atoms. The molecule has 4 heteroatoms. The normalized spacial score (nSPS) is 18.7. The molecule has 0 saturated heterocycles. The van der Waals surface area contributed by atoms with Gasteiger partial charge in [0.15, 0.2) is 5.54 Å². The van der Waals surface area contributed by atoms with Gasteiger partial charge in [-0.3, -0.25) is 0 Å². The van der Waals surface area contributed by atoms with Crippen LogP contribution in [0.15, 0.2) is 30.3 Å². The van der Waals surface area contributed by atoms with Crippen LogP contribution in [0, 0.1) is 0 Å². The second-order valence-corrected chi connectivity index (χ2v) is 5.91. The third kappa shape index (κ3) is 3.63. The Balaban J connectivity index is 2.21. The topological polar surface area (TPSA) is 55.6 Å². The fourth-order valence-electron chi connectivity index (χ4n) is 3.14. The third-order valence-electron chi connectivity index (χ3n) is 4.38. The van der Waals surface area contributed by atoms with Gasteiger partial charge in [-0.1, -0.05) is 43.2 Å². The van der Waals surface area contributed by atoms with Crippen LogP contribution in [0.2, 0.25) is 0 Å². The van der Waals surface area contributed by atoms with Gasteiger partial charge in [-0.15, -0.1) is 0 Å². The number of likely N-dealkylation sites (N-methyl/N-ethyl adjacent to an activating group) is 1. The van der Waals surface area contributed by atoms with Gasteiger partial charge < -0.3 is 15.4 Å². The highest BCUT2D eigenvalue weighted by molar-refractivity contribution is 5.82. The zero-order valence-corrected chi connectivity index (χ0v) is 13.0. The summed E-state index contributed by atoms with van der Waals surface area (Å²) >= 11 is 0. The van der Waals surface area contributed by atoms with Crippen molar-refractivity contribution >= 4 is 5.97 Å². The lowest BCUT2D eigenvalue weighted by atomic mass is 9.90. The van der Waals surface area contributed by atoms with Crippen molar-refractivity contribution in [3.63, 3.8) is 0 Å². The number of rotatable bonds is 6. The first-order valence-electron chi connectivity index (χ1n) is 7.80. The number of hydrogen-bond acceptors (Lipinski definition) is 4. The van der Waals surface area contributed by atoms with E-state index >= 15 is 0 Å². The summed E-state index contributed by atoms with van der Waals surface area (Å²) in [6, 6.07) is 10.1. The largest absolute Gasteiger partial charge is 0.464 e. The van der Waals surface area contributed by atoms with Crippen molar-refractivity contribution in [3.05, 3.63) is 35.9 Å². The van der Waals surface area contributed by atoms with Gasteiger partial charge in [0.25, 0.3) is 0 Å². The van der Waals surface area contributed by atoms with Crippen molar-refractivity contribution in [1.82, 2.24) is 4.90 Å². The van der Waals surface area contributed by atoms with Crippen LogP contribution in [0.5, 0.6) is 0 Å². The van der Waals surface area contributed by atoms with E-state index in [-0.39, 0.29) is 5.97 Å². The number of benzene rings is 1. The highest BCUT2D eigenvalue weighted by atomic mass is 16.5. The maximum atomic E-state index is 12.4. The highest BCUT2D eigenvalue weighted by Gasteiger charge is 2.40. The van der Waals surface area contributed by atoms with Crippen molar-refractivity contribution in [3.8, 4) is 0 Å². The molecule has 1 aromatic carbocycles. The Kier molecular flexibility index (Phi) is 5.37. The van der Waals surface area contributed by atoms with Gasteiger partial charge >= 0.3 is 5.97 Å². The molecule has 0 radical (unpaired) electrons. The lowest BCUT2D eigenvalue weighted by Crippen LogP contribution is -2.55. The number of nitrogens with two attached hydrogens (primary N) is 1. The molecule has 4 nitrogen and oxygen atoms in total. The van der Waals surface area contributed by atoms with Gasteiger partial charge in [0.2, 0.25) is 0 Å². The quantitative estimate of drug-likeness (QED) is 0.817. The Hall–Kier alpha value is -1.39. The van der Waals surface area contributed by atoms with Crippen molar-refractivity contribution in [2.24, 2.45) is 5.73 Å². The van der Waals surface area contributed by atoms with E-state index in [1.54, 1.807) is 0 Å². The number of hydrogen-bond donors (Lipinski definition) is 1. The lowest BCUT2D eigenvalue weighted by molar-refractivity contribution is -0.151. The molecule has 1 aliphatic carbocycles. The average molecular weight is 290 g/mol. The third-order valence-corrected chi connectivity index (χ3v) is 4.38. The number of carbonyl (C=O) groups is 1. The molecule has 1 saturated carbocycles. The smallest absolute Gasteiger partial charge is 0.332 e. The monoisotopic (exact) mass is 290 g/mol. The summed E-state index contributed by atoms with van der Waals surface area (Å²) in [6.07, 6.45) is 4.89. The van der Waals surface area contributed by atoms with Gasteiger partial charge in [0, 0.05) is 12.6 Å². The fraction of sp³-hybridized carbons (Fsp3) is 0.588. The number of esters is 1. The Morgan fingerprint density at radius 1 is 1.33 bits per heavy atom. The van der Waals surface area contributed by atoms with Crippen LogP contribution < -0.4 is 5.73 Å². The van der Waals surface area contributed by atoms with E-state index in [1.165, 1.54) is 25.7 Å². The second-order valence-electron chi connectivity index (χ2n) is 5.91. The molecule has 2 rings (SSSR count). The molecule has 1 aromatic rings. The van der Waals surface area contributed by atoms with Crippen molar-refractivity contribution in [2.45, 2.75) is 44.2 Å². The van der Waals surface area contributed by atoms with E-state index in [0.717, 1.165) is 5.56 Å². The van der Waals surface area contributed by atoms with E-state index < -0.39 is 5.54 Å². The molecule has 1 aliphatic rings. The number of nitrogens with zero attached hydrogens (tertiary/aromatic N) is 1. The van der Waals surface area contributed by atoms with Crippen LogP contribution in [-0.2, 0) is 15.1 Å². The highest BCUT2D eigenvalue weighted by Crippen LogP contribution is 2.27. The first-order valence-corrected chi connectivity index (χ1v) is 7.80. The summed E-state index contributed by atoms with van der Waals surface area (Å²) in [5.74, 6) is -0.346. The predicted molar refractivity (Wildman–Crippen MR) is 83.8 cm³/mol. The fourth-order valence-corrected chi connectivity index (χ4v) is 3.14. The summed E-state index contributed by atoms with van der Waals surface area (Å²) in [5.41, 5.74) is 6.21. The molecular formula is C17H26N2O2. The molecule has 1 unspecified atom stereocenters. The second kappa shape index (κ2) is 7.05. The van der Waals surface area contributed by atoms with Gasteiger partial charge in [-0.05, 0) is 32.4 Å². The summed E-state index contributed by atoms with van der Waals surface area (Å²) in [4.78, 5) is 14.7. The van der Waals surface area contributed by atoms with E-state index in [1.807, 2.05) is 37.3 Å². The summed E-state index contributed by atoms with van der Waals surface area (Å²) < 4.78 is 5.23. The summed E-state index contributed by atoms with van der Waals surface area (Å²) in [7, 11) is 2.06. The van der Waals surface area contributed by atoms with E-state index in [9.17, 15) is 4.79 Å². The van der Waals surface area contributed by atoms with Crippen LogP contribution in [0.4, 0.5) is 0 Å². The molecule has 0 amide bonds. The number of carbonyl (C=O) groups excluding carboxylic acids is 1. The van der Waals surface area contributed by atoms with Crippen molar-refractivity contribution in [1.29, 1.82) is 0 Å². The minimum absolute atomic E-state index is 0.345. The summed E-state index contributed by atoms with van der Waals surface area (Å²) in [6.45, 7) is 2.64. The van der Waals surface area contributed by atoms with Gasteiger partial charge in [-0.25, -0.2) is 4.79 Å². The minimum atomic E-state index is -1.10.